The molecule has 0 spiro atoms. The molecule has 0 aromatic carbocycles. The molecule has 0 aliphatic rings. The van der Waals surface area contributed by atoms with Crippen LogP contribution in [0, 0.1) is 0 Å². The first-order valence-electron chi connectivity index (χ1n) is 13.2. The molecule has 0 atom stereocenters. The van der Waals surface area contributed by atoms with Gasteiger partial charge < -0.3 is 5.11 Å². The molecular weight excluding hydrogens is 391 g/mol. The Balaban J connectivity index is 0. The molecule has 0 aliphatic heterocycles. The van der Waals surface area contributed by atoms with E-state index in [9.17, 15) is 0 Å². The van der Waals surface area contributed by atoms with Gasteiger partial charge >= 0.3 is 0 Å². The summed E-state index contributed by atoms with van der Waals surface area (Å²) in [6.07, 6.45) is 27.3. The first-order chi connectivity index (χ1) is 14.3. The zero-order valence-electron chi connectivity index (χ0n) is 20.9. The second-order valence-corrected chi connectivity index (χ2v) is 12.3. The van der Waals surface area contributed by atoms with Crippen molar-refractivity contribution in [2.75, 3.05) is 36.6 Å². The molecule has 0 saturated heterocycles. The minimum atomic E-state index is 0.336. The van der Waals surface area contributed by atoms with E-state index in [2.05, 4.69) is 27.7 Å². The first-order valence-corrected chi connectivity index (χ1v) is 16.2. The minimum absolute atomic E-state index is 0.336. The van der Waals surface area contributed by atoms with Crippen LogP contribution in [-0.4, -0.2) is 41.7 Å². The van der Waals surface area contributed by atoms with E-state index in [1.165, 1.54) is 108 Å². The van der Waals surface area contributed by atoms with Crippen LogP contribution >= 0.6 is 19.7 Å². The van der Waals surface area contributed by atoms with Crippen LogP contribution in [0.5, 0.6) is 0 Å². The maximum absolute atomic E-state index is 8.61. The smallest absolute Gasteiger partial charge is 0.0521 e. The maximum atomic E-state index is 8.61. The minimum Gasteiger partial charge on any atom is -0.396 e. The Morgan fingerprint density at radius 2 is 0.862 bits per heavy atom. The fraction of sp³-hybridized carbons (Fsp3) is 1.00. The molecule has 0 radical (unpaired) electrons. The van der Waals surface area contributed by atoms with E-state index in [1.54, 1.807) is 18.5 Å². The molecule has 1 nitrogen and oxygen atoms in total. The molecule has 29 heavy (non-hydrogen) atoms. The molecule has 0 bridgehead atoms. The molecular formula is C26H57OPS. The van der Waals surface area contributed by atoms with Crippen LogP contribution in [0.4, 0.5) is 0 Å². The van der Waals surface area contributed by atoms with Gasteiger partial charge in [0.25, 0.3) is 0 Å². The molecule has 3 heteroatoms. The third-order valence-corrected chi connectivity index (χ3v) is 9.26. The molecule has 0 aromatic rings. The number of aliphatic hydroxyl groups is 1. The van der Waals surface area contributed by atoms with Gasteiger partial charge in [-0.25, -0.2) is 0 Å². The summed E-state index contributed by atoms with van der Waals surface area (Å²) in [5.41, 5.74) is 0. The molecule has 0 saturated carbocycles. The van der Waals surface area contributed by atoms with Gasteiger partial charge in [-0.15, -0.1) is 7.92 Å². The Labute approximate surface area is 191 Å². The number of aliphatic hydroxyl groups excluding tert-OH is 1. The molecule has 0 amide bonds. The van der Waals surface area contributed by atoms with Gasteiger partial charge in [0.05, 0.1) is 6.61 Å². The van der Waals surface area contributed by atoms with Crippen LogP contribution in [0.3, 0.4) is 0 Å². The van der Waals surface area contributed by atoms with Crippen molar-refractivity contribution in [3.05, 3.63) is 0 Å². The monoisotopic (exact) mass is 448 g/mol. The van der Waals surface area contributed by atoms with Crippen molar-refractivity contribution >= 4 is 19.7 Å². The predicted molar refractivity (Wildman–Crippen MR) is 142 cm³/mol. The average molecular weight is 449 g/mol. The van der Waals surface area contributed by atoms with Crippen molar-refractivity contribution in [3.63, 3.8) is 0 Å². The highest BCUT2D eigenvalue weighted by Crippen LogP contribution is 2.38. The topological polar surface area (TPSA) is 20.2 Å². The molecule has 0 heterocycles. The summed E-state index contributed by atoms with van der Waals surface area (Å²) in [4.78, 5) is 0. The zero-order valence-corrected chi connectivity index (χ0v) is 22.6. The fourth-order valence-corrected chi connectivity index (χ4v) is 7.04. The van der Waals surface area contributed by atoms with Gasteiger partial charge in [-0.2, -0.15) is 11.8 Å². The third kappa shape index (κ3) is 31.0. The predicted octanol–water partition coefficient (Wildman–Crippen LogP) is 9.50. The summed E-state index contributed by atoms with van der Waals surface area (Å²) >= 11 is 1.88. The Morgan fingerprint density at radius 1 is 0.483 bits per heavy atom. The van der Waals surface area contributed by atoms with Gasteiger partial charge in [0.15, 0.2) is 0 Å². The van der Waals surface area contributed by atoms with Crippen molar-refractivity contribution in [2.45, 2.75) is 130 Å². The lowest BCUT2D eigenvalue weighted by molar-refractivity contribution is 0.322. The lowest BCUT2D eigenvalue weighted by atomic mass is 10.1. The summed E-state index contributed by atoms with van der Waals surface area (Å²) in [6, 6.07) is 0. The largest absolute Gasteiger partial charge is 0.396 e. The highest BCUT2D eigenvalue weighted by molar-refractivity contribution is 7.99. The SMILES string of the molecule is CCCCCCCCCCCCSCCO.CCCCP(CCCC)CCCC. The molecule has 178 valence electrons. The Morgan fingerprint density at radius 3 is 1.24 bits per heavy atom. The van der Waals surface area contributed by atoms with Gasteiger partial charge in [0.1, 0.15) is 0 Å². The Kier molecular flexibility index (Phi) is 34.0. The summed E-state index contributed by atoms with van der Waals surface area (Å²) in [7, 11) is 0.422. The number of unbranched alkanes of at least 4 members (excludes halogenated alkanes) is 12. The highest BCUT2D eigenvalue weighted by atomic mass is 32.2. The van der Waals surface area contributed by atoms with Gasteiger partial charge in [-0.3, -0.25) is 0 Å². The van der Waals surface area contributed by atoms with E-state index in [1.807, 2.05) is 11.8 Å². The number of rotatable bonds is 22. The van der Waals surface area contributed by atoms with E-state index < -0.39 is 0 Å². The lowest BCUT2D eigenvalue weighted by Crippen LogP contribution is -1.95. The Hall–Kier alpha value is 0.740. The lowest BCUT2D eigenvalue weighted by Gasteiger charge is -2.16. The van der Waals surface area contributed by atoms with Crippen LogP contribution < -0.4 is 0 Å². The maximum Gasteiger partial charge on any atom is 0.0521 e. The van der Waals surface area contributed by atoms with Gasteiger partial charge in [-0.1, -0.05) is 105 Å². The van der Waals surface area contributed by atoms with Crippen LogP contribution in [-0.2, 0) is 0 Å². The molecule has 1 N–H and O–H groups in total. The molecule has 0 unspecified atom stereocenters. The molecule has 0 aromatic heterocycles. The molecule has 0 rings (SSSR count). The average Bonchev–Trinajstić information content (AvgIpc) is 2.74. The highest BCUT2D eigenvalue weighted by Gasteiger charge is 2.05. The van der Waals surface area contributed by atoms with E-state index in [-0.39, 0.29) is 0 Å². The van der Waals surface area contributed by atoms with Crippen molar-refractivity contribution in [2.24, 2.45) is 0 Å². The van der Waals surface area contributed by atoms with Crippen LogP contribution in [0.1, 0.15) is 130 Å². The zero-order chi connectivity index (χ0) is 21.8. The standard InChI is InChI=1S/C14H30OS.C12H27P/c1-2-3-4-5-6-7-8-9-10-11-13-16-14-12-15;1-4-7-10-13(11-8-5-2)12-9-6-3/h15H,2-14H2,1H3;4-12H2,1-3H3. The number of hydrogen-bond donors (Lipinski definition) is 1. The van der Waals surface area contributed by atoms with Gasteiger partial charge in [0, 0.05) is 5.75 Å². The van der Waals surface area contributed by atoms with Crippen LogP contribution in [0.25, 0.3) is 0 Å². The van der Waals surface area contributed by atoms with E-state index >= 15 is 0 Å². The Bertz CT molecular complexity index is 230. The molecule has 0 fully saturated rings. The molecule has 0 aliphatic carbocycles. The fourth-order valence-electron chi connectivity index (χ4n) is 3.34. The number of thioether (sulfide) groups is 1. The second-order valence-electron chi connectivity index (χ2n) is 8.42. The van der Waals surface area contributed by atoms with E-state index in [0.717, 1.165) is 5.75 Å². The van der Waals surface area contributed by atoms with Crippen molar-refractivity contribution in [1.29, 1.82) is 0 Å². The quantitative estimate of drug-likeness (QED) is 0.131. The van der Waals surface area contributed by atoms with Crippen molar-refractivity contribution in [1.82, 2.24) is 0 Å². The van der Waals surface area contributed by atoms with E-state index in [0.29, 0.717) is 14.5 Å². The van der Waals surface area contributed by atoms with Crippen LogP contribution in [0.15, 0.2) is 0 Å². The third-order valence-electron chi connectivity index (χ3n) is 5.36. The summed E-state index contributed by atoms with van der Waals surface area (Å²) in [5, 5.41) is 8.61. The van der Waals surface area contributed by atoms with Gasteiger partial charge in [0.2, 0.25) is 0 Å². The van der Waals surface area contributed by atoms with Crippen molar-refractivity contribution in [3.8, 4) is 0 Å². The summed E-state index contributed by atoms with van der Waals surface area (Å²) < 4.78 is 0. The first kappa shape index (κ1) is 31.9. The number of hydrogen-bond acceptors (Lipinski definition) is 2. The van der Waals surface area contributed by atoms with Gasteiger partial charge in [-0.05, 0) is 49.9 Å². The summed E-state index contributed by atoms with van der Waals surface area (Å²) in [5.74, 6) is 2.15. The van der Waals surface area contributed by atoms with Crippen LogP contribution in [0.2, 0.25) is 0 Å². The second kappa shape index (κ2) is 30.9. The normalized spacial score (nSPS) is 11.0. The summed E-state index contributed by atoms with van der Waals surface area (Å²) in [6.45, 7) is 9.55. The van der Waals surface area contributed by atoms with Crippen molar-refractivity contribution < 1.29 is 5.11 Å². The van der Waals surface area contributed by atoms with E-state index in [4.69, 9.17) is 5.11 Å².